The molecule has 2 heterocycles. The van der Waals surface area contributed by atoms with Crippen LogP contribution in [0.1, 0.15) is 32.1 Å². The molecule has 0 radical (unpaired) electrons. The van der Waals surface area contributed by atoms with Crippen molar-refractivity contribution < 1.29 is 0 Å². The molecule has 0 amide bonds. The first-order valence-corrected chi connectivity index (χ1v) is 8.40. The minimum atomic E-state index is 0.468. The van der Waals surface area contributed by atoms with Crippen LogP contribution in [0.2, 0.25) is 0 Å². The van der Waals surface area contributed by atoms with Gasteiger partial charge in [-0.15, -0.1) is 0 Å². The number of nitrogens with zero attached hydrogens (tertiary/aromatic N) is 3. The Morgan fingerprint density at radius 2 is 2.05 bits per heavy atom. The molecule has 1 N–H and O–H groups in total. The summed E-state index contributed by atoms with van der Waals surface area (Å²) in [6.07, 6.45) is 10.4. The van der Waals surface area contributed by atoms with Gasteiger partial charge < -0.3 is 10.2 Å². The molecule has 1 aromatic rings. The molecule has 0 bridgehead atoms. The van der Waals surface area contributed by atoms with Crippen molar-refractivity contribution in [2.75, 3.05) is 36.1 Å². The second-order valence-electron chi connectivity index (χ2n) is 5.55. The highest BCUT2D eigenvalue weighted by Crippen LogP contribution is 2.46. The Balaban J connectivity index is 1.62. The van der Waals surface area contributed by atoms with Gasteiger partial charge in [0, 0.05) is 30.4 Å². The lowest BCUT2D eigenvalue weighted by Crippen LogP contribution is -2.30. The van der Waals surface area contributed by atoms with Crippen LogP contribution in [0.3, 0.4) is 0 Å². The van der Waals surface area contributed by atoms with E-state index in [1.807, 2.05) is 11.8 Å². The summed E-state index contributed by atoms with van der Waals surface area (Å²) in [5.41, 5.74) is 0. The van der Waals surface area contributed by atoms with E-state index < -0.39 is 0 Å². The minimum Gasteiger partial charge on any atom is -0.369 e. The van der Waals surface area contributed by atoms with E-state index in [-0.39, 0.29) is 0 Å². The lowest BCUT2D eigenvalue weighted by atomic mass is 10.1. The predicted octanol–water partition coefficient (Wildman–Crippen LogP) is 2.77. The van der Waals surface area contributed by atoms with Crippen LogP contribution in [0.15, 0.2) is 12.4 Å². The predicted molar refractivity (Wildman–Crippen MR) is 82.1 cm³/mol. The zero-order valence-corrected chi connectivity index (χ0v) is 12.4. The van der Waals surface area contributed by atoms with Crippen molar-refractivity contribution in [3.8, 4) is 0 Å². The number of thioether (sulfide) groups is 1. The van der Waals surface area contributed by atoms with Gasteiger partial charge in [-0.3, -0.25) is 0 Å². The molecule has 19 heavy (non-hydrogen) atoms. The number of anilines is 2. The molecular formula is C14H22N4S. The summed E-state index contributed by atoms with van der Waals surface area (Å²) in [5, 5.41) is 3.48. The summed E-state index contributed by atoms with van der Waals surface area (Å²) in [6, 6.07) is 2.10. The Morgan fingerprint density at radius 1 is 1.26 bits per heavy atom. The third-order valence-electron chi connectivity index (χ3n) is 4.17. The van der Waals surface area contributed by atoms with Crippen molar-refractivity contribution in [3.05, 3.63) is 12.4 Å². The highest BCUT2D eigenvalue weighted by Gasteiger charge is 2.41. The minimum absolute atomic E-state index is 0.468. The topological polar surface area (TPSA) is 41.0 Å². The number of hydrogen-bond donors (Lipinski definition) is 1. The molecule has 2 fully saturated rings. The Bertz CT molecular complexity index is 427. The maximum atomic E-state index is 4.41. The lowest BCUT2D eigenvalue weighted by molar-refractivity contribution is 0.573. The number of aromatic nitrogens is 2. The average molecular weight is 278 g/mol. The van der Waals surface area contributed by atoms with E-state index in [1.165, 1.54) is 32.1 Å². The van der Waals surface area contributed by atoms with Gasteiger partial charge in [0.05, 0.1) is 0 Å². The Morgan fingerprint density at radius 3 is 2.74 bits per heavy atom. The molecule has 2 aliphatic rings. The van der Waals surface area contributed by atoms with Gasteiger partial charge in [-0.05, 0) is 38.4 Å². The Kier molecular flexibility index (Phi) is 3.82. The molecule has 104 valence electrons. The van der Waals surface area contributed by atoms with E-state index in [2.05, 4.69) is 32.5 Å². The van der Waals surface area contributed by atoms with Crippen molar-refractivity contribution >= 4 is 23.4 Å². The van der Waals surface area contributed by atoms with Gasteiger partial charge in [0.15, 0.2) is 0 Å². The summed E-state index contributed by atoms with van der Waals surface area (Å²) >= 11 is 1.97. The first-order valence-electron chi connectivity index (χ1n) is 7.17. The molecule has 1 saturated heterocycles. The fourth-order valence-electron chi connectivity index (χ4n) is 2.58. The first-order chi connectivity index (χ1) is 9.31. The summed E-state index contributed by atoms with van der Waals surface area (Å²) < 4.78 is 0.468. The van der Waals surface area contributed by atoms with Crippen LogP contribution in [0, 0.1) is 0 Å². The van der Waals surface area contributed by atoms with Gasteiger partial charge in [0.25, 0.3) is 0 Å². The van der Waals surface area contributed by atoms with Crippen LogP contribution >= 0.6 is 11.8 Å². The summed E-state index contributed by atoms with van der Waals surface area (Å²) in [5.74, 6) is 2.04. The van der Waals surface area contributed by atoms with Crippen LogP contribution in [0.5, 0.6) is 0 Å². The number of nitrogens with one attached hydrogen (secondary N) is 1. The van der Waals surface area contributed by atoms with Gasteiger partial charge >= 0.3 is 0 Å². The van der Waals surface area contributed by atoms with Crippen LogP contribution in [0.25, 0.3) is 0 Å². The van der Waals surface area contributed by atoms with Crippen molar-refractivity contribution in [2.45, 2.75) is 36.9 Å². The zero-order chi connectivity index (χ0) is 13.1. The molecule has 1 aromatic heterocycles. The first kappa shape index (κ1) is 13.0. The fraction of sp³-hybridized carbons (Fsp3) is 0.714. The second kappa shape index (κ2) is 5.57. The third-order valence-corrected chi connectivity index (χ3v) is 5.58. The van der Waals surface area contributed by atoms with Crippen LogP contribution in [-0.4, -0.2) is 40.6 Å². The highest BCUT2D eigenvalue weighted by molar-refractivity contribution is 8.00. The van der Waals surface area contributed by atoms with Crippen LogP contribution < -0.4 is 10.2 Å². The molecular weight excluding hydrogens is 256 g/mol. The number of rotatable bonds is 5. The van der Waals surface area contributed by atoms with Crippen molar-refractivity contribution in [3.63, 3.8) is 0 Å². The van der Waals surface area contributed by atoms with E-state index in [1.54, 1.807) is 6.33 Å². The number of piperidine rings is 1. The Hall–Kier alpha value is -0.970. The molecule has 0 aromatic carbocycles. The second-order valence-corrected chi connectivity index (χ2v) is 6.82. The highest BCUT2D eigenvalue weighted by atomic mass is 32.2. The lowest BCUT2D eigenvalue weighted by Gasteiger charge is -2.27. The van der Waals surface area contributed by atoms with Gasteiger partial charge in [-0.2, -0.15) is 11.8 Å². The van der Waals surface area contributed by atoms with Crippen molar-refractivity contribution in [1.29, 1.82) is 0 Å². The van der Waals surface area contributed by atoms with Crippen LogP contribution in [0.4, 0.5) is 11.6 Å². The standard InChI is InChI=1S/C14H22N4S/c1-19-14(5-6-14)10-15-12-9-13(17-11-16-12)18-7-3-2-4-8-18/h9,11H,2-8,10H2,1H3,(H,15,16,17). The summed E-state index contributed by atoms with van der Waals surface area (Å²) in [4.78, 5) is 11.1. The SMILES string of the molecule is CSC1(CNc2cc(N3CCCCC3)ncn2)CC1. The molecule has 4 nitrogen and oxygen atoms in total. The zero-order valence-electron chi connectivity index (χ0n) is 11.6. The largest absolute Gasteiger partial charge is 0.369 e. The van der Waals surface area contributed by atoms with E-state index in [4.69, 9.17) is 0 Å². The van der Waals surface area contributed by atoms with Gasteiger partial charge in [0.1, 0.15) is 18.0 Å². The molecule has 0 spiro atoms. The smallest absolute Gasteiger partial charge is 0.134 e. The molecule has 0 unspecified atom stereocenters. The fourth-order valence-corrected chi connectivity index (χ4v) is 3.31. The van der Waals surface area contributed by atoms with E-state index in [0.29, 0.717) is 4.75 Å². The quantitative estimate of drug-likeness (QED) is 0.897. The van der Waals surface area contributed by atoms with Gasteiger partial charge in [0.2, 0.25) is 0 Å². The maximum absolute atomic E-state index is 4.41. The van der Waals surface area contributed by atoms with Crippen molar-refractivity contribution in [1.82, 2.24) is 9.97 Å². The summed E-state index contributed by atoms with van der Waals surface area (Å²) in [6.45, 7) is 3.28. The molecule has 0 atom stereocenters. The van der Waals surface area contributed by atoms with Gasteiger partial charge in [-0.1, -0.05) is 0 Å². The van der Waals surface area contributed by atoms with E-state index >= 15 is 0 Å². The third kappa shape index (κ3) is 3.14. The molecule has 5 heteroatoms. The summed E-state index contributed by atoms with van der Waals surface area (Å²) in [7, 11) is 0. The van der Waals surface area contributed by atoms with Crippen LogP contribution in [-0.2, 0) is 0 Å². The number of hydrogen-bond acceptors (Lipinski definition) is 5. The van der Waals surface area contributed by atoms with E-state index in [0.717, 1.165) is 31.3 Å². The molecule has 1 aliphatic carbocycles. The molecule has 1 aliphatic heterocycles. The monoisotopic (exact) mass is 278 g/mol. The van der Waals surface area contributed by atoms with E-state index in [9.17, 15) is 0 Å². The normalized spacial score (nSPS) is 21.2. The van der Waals surface area contributed by atoms with Gasteiger partial charge in [-0.25, -0.2) is 9.97 Å². The molecule has 1 saturated carbocycles. The molecule has 3 rings (SSSR count). The maximum Gasteiger partial charge on any atom is 0.134 e. The Labute approximate surface area is 119 Å². The van der Waals surface area contributed by atoms with Crippen molar-refractivity contribution in [2.24, 2.45) is 0 Å². The average Bonchev–Trinajstić information content (AvgIpc) is 3.27.